The van der Waals surface area contributed by atoms with Crippen molar-refractivity contribution < 1.29 is 22.7 Å². The van der Waals surface area contributed by atoms with Crippen molar-refractivity contribution in [2.75, 3.05) is 23.7 Å². The molecule has 1 aliphatic heterocycles. The quantitative estimate of drug-likeness (QED) is 0.666. The number of carbonyl (C=O) groups is 1. The molecule has 1 N–H and O–H groups in total. The summed E-state index contributed by atoms with van der Waals surface area (Å²) in [5.41, 5.74) is 0.225. The largest absolute Gasteiger partial charge is 0.486 e. The Morgan fingerprint density at radius 3 is 2.43 bits per heavy atom. The van der Waals surface area contributed by atoms with Crippen LogP contribution in [-0.2, 0) is 14.8 Å². The summed E-state index contributed by atoms with van der Waals surface area (Å²) in [4.78, 5) is 12.9. The number of carbonyl (C=O) groups excluding carboxylic acids is 1. The van der Waals surface area contributed by atoms with E-state index in [4.69, 9.17) is 32.7 Å². The molecule has 1 heterocycles. The van der Waals surface area contributed by atoms with Gasteiger partial charge < -0.3 is 14.8 Å². The van der Waals surface area contributed by atoms with Gasteiger partial charge in [0.1, 0.15) is 18.8 Å². The number of halogens is 2. The summed E-state index contributed by atoms with van der Waals surface area (Å²) < 4.78 is 37.5. The summed E-state index contributed by atoms with van der Waals surface area (Å²) >= 11 is 12.1. The molecule has 1 aliphatic rings. The molecule has 0 fully saturated rings. The van der Waals surface area contributed by atoms with Gasteiger partial charge in [0.15, 0.2) is 11.5 Å². The molecule has 0 bridgehead atoms. The molecule has 30 heavy (non-hydrogen) atoms. The molecule has 1 amide bonds. The monoisotopic (exact) mass is 472 g/mol. The molecule has 0 spiro atoms. The number of anilines is 1. The van der Waals surface area contributed by atoms with Crippen LogP contribution in [0, 0.1) is 0 Å². The fraction of sp³-hybridized carbons (Fsp3) is 0.350. The molecule has 162 valence electrons. The Morgan fingerprint density at radius 1 is 1.20 bits per heavy atom. The Kier molecular flexibility index (Phi) is 7.00. The maximum Gasteiger partial charge on any atom is 0.244 e. The Hall–Kier alpha value is -2.16. The van der Waals surface area contributed by atoms with Crippen LogP contribution in [-0.4, -0.2) is 45.9 Å². The van der Waals surface area contributed by atoms with Crippen LogP contribution in [0.2, 0.25) is 10.0 Å². The Bertz CT molecular complexity index is 1010. The average molecular weight is 473 g/mol. The maximum absolute atomic E-state index is 12.9. The van der Waals surface area contributed by atoms with Crippen molar-refractivity contribution in [2.24, 2.45) is 0 Å². The number of sulfonamides is 1. The van der Waals surface area contributed by atoms with Crippen molar-refractivity contribution in [2.45, 2.75) is 25.5 Å². The third-order valence-electron chi connectivity index (χ3n) is 4.50. The molecule has 0 aliphatic carbocycles. The number of rotatable bonds is 7. The van der Waals surface area contributed by atoms with Crippen molar-refractivity contribution >= 4 is 44.8 Å². The molecule has 0 saturated heterocycles. The maximum atomic E-state index is 12.9. The van der Waals surface area contributed by atoms with Gasteiger partial charge in [0, 0.05) is 10.0 Å². The summed E-state index contributed by atoms with van der Waals surface area (Å²) in [5.74, 6) is 0.787. The van der Waals surface area contributed by atoms with Crippen molar-refractivity contribution in [1.29, 1.82) is 0 Å². The van der Waals surface area contributed by atoms with Gasteiger partial charge in [0.05, 0.1) is 18.5 Å². The summed E-state index contributed by atoms with van der Waals surface area (Å²) in [6.45, 7) is 2.16. The minimum absolute atomic E-state index is 0.164. The van der Waals surface area contributed by atoms with Crippen LogP contribution in [0.15, 0.2) is 42.5 Å². The number of benzene rings is 2. The van der Waals surface area contributed by atoms with Crippen LogP contribution in [0.3, 0.4) is 0 Å². The van der Waals surface area contributed by atoms with E-state index in [0.29, 0.717) is 11.5 Å². The predicted octanol–water partition coefficient (Wildman–Crippen LogP) is 3.49. The fourth-order valence-electron chi connectivity index (χ4n) is 3.22. The zero-order valence-corrected chi connectivity index (χ0v) is 18.8. The van der Waals surface area contributed by atoms with Crippen LogP contribution in [0.5, 0.6) is 11.5 Å². The first-order valence-corrected chi connectivity index (χ1v) is 11.9. The van der Waals surface area contributed by atoms with Crippen LogP contribution in [0.4, 0.5) is 5.69 Å². The van der Waals surface area contributed by atoms with E-state index in [1.165, 1.54) is 18.2 Å². The topological polar surface area (TPSA) is 84.9 Å². The number of hydrogen-bond acceptors (Lipinski definition) is 5. The highest BCUT2D eigenvalue weighted by molar-refractivity contribution is 7.92. The Morgan fingerprint density at radius 2 is 1.83 bits per heavy atom. The first-order valence-electron chi connectivity index (χ1n) is 9.30. The van der Waals surface area contributed by atoms with Gasteiger partial charge in [-0.1, -0.05) is 42.3 Å². The minimum Gasteiger partial charge on any atom is -0.486 e. The van der Waals surface area contributed by atoms with E-state index < -0.39 is 28.1 Å². The first-order chi connectivity index (χ1) is 14.2. The SMILES string of the molecule is CCC(C(=O)NCC1COc2ccccc2O1)N(c1cc(Cl)cc(Cl)c1)S(C)(=O)=O. The van der Waals surface area contributed by atoms with E-state index in [2.05, 4.69) is 5.32 Å². The number of nitrogens with one attached hydrogen (secondary N) is 1. The summed E-state index contributed by atoms with van der Waals surface area (Å²) in [7, 11) is -3.79. The molecular formula is C20H22Cl2N2O5S. The predicted molar refractivity (Wildman–Crippen MR) is 117 cm³/mol. The highest BCUT2D eigenvalue weighted by Gasteiger charge is 2.32. The molecule has 10 heteroatoms. The number of amides is 1. The highest BCUT2D eigenvalue weighted by atomic mass is 35.5. The first kappa shape index (κ1) is 22.5. The van der Waals surface area contributed by atoms with Gasteiger partial charge in [0.2, 0.25) is 15.9 Å². The van der Waals surface area contributed by atoms with Gasteiger partial charge in [-0.3, -0.25) is 9.10 Å². The van der Waals surface area contributed by atoms with E-state index in [9.17, 15) is 13.2 Å². The molecule has 0 saturated carbocycles. The van der Waals surface area contributed by atoms with Crippen molar-refractivity contribution in [3.63, 3.8) is 0 Å². The van der Waals surface area contributed by atoms with E-state index in [1.807, 2.05) is 12.1 Å². The third kappa shape index (κ3) is 5.30. The number of ether oxygens (including phenoxy) is 2. The van der Waals surface area contributed by atoms with E-state index >= 15 is 0 Å². The lowest BCUT2D eigenvalue weighted by Crippen LogP contribution is -2.51. The molecule has 0 aromatic heterocycles. The average Bonchev–Trinajstić information content (AvgIpc) is 2.68. The second-order valence-corrected chi connectivity index (χ2v) is 9.59. The van der Waals surface area contributed by atoms with E-state index in [-0.39, 0.29) is 35.3 Å². The second kappa shape index (κ2) is 9.32. The zero-order chi connectivity index (χ0) is 21.9. The molecule has 2 unspecified atom stereocenters. The van der Waals surface area contributed by atoms with E-state index in [0.717, 1.165) is 10.6 Å². The van der Waals surface area contributed by atoms with Crippen LogP contribution >= 0.6 is 23.2 Å². The highest BCUT2D eigenvalue weighted by Crippen LogP contribution is 2.31. The van der Waals surface area contributed by atoms with Crippen LogP contribution in [0.1, 0.15) is 13.3 Å². The molecular weight excluding hydrogens is 451 g/mol. The van der Waals surface area contributed by atoms with Crippen molar-refractivity contribution in [1.82, 2.24) is 5.32 Å². The number of hydrogen-bond donors (Lipinski definition) is 1. The van der Waals surface area contributed by atoms with Gasteiger partial charge in [-0.2, -0.15) is 0 Å². The van der Waals surface area contributed by atoms with Gasteiger partial charge in [0.25, 0.3) is 0 Å². The number of fused-ring (bicyclic) bond motifs is 1. The molecule has 2 aromatic carbocycles. The smallest absolute Gasteiger partial charge is 0.244 e. The lowest BCUT2D eigenvalue weighted by Gasteiger charge is -2.31. The third-order valence-corrected chi connectivity index (χ3v) is 6.12. The number of nitrogens with zero attached hydrogens (tertiary/aromatic N) is 1. The zero-order valence-electron chi connectivity index (χ0n) is 16.5. The minimum atomic E-state index is -3.79. The number of para-hydroxylation sites is 2. The molecule has 2 atom stereocenters. The molecule has 3 rings (SSSR count). The Balaban J connectivity index is 1.75. The molecule has 7 nitrogen and oxygen atoms in total. The lowest BCUT2D eigenvalue weighted by atomic mass is 10.2. The van der Waals surface area contributed by atoms with Gasteiger partial charge in [-0.05, 0) is 36.8 Å². The van der Waals surface area contributed by atoms with Gasteiger partial charge >= 0.3 is 0 Å². The second-order valence-electron chi connectivity index (χ2n) is 6.85. The van der Waals surface area contributed by atoms with Gasteiger partial charge in [-0.25, -0.2) is 8.42 Å². The van der Waals surface area contributed by atoms with Gasteiger partial charge in [-0.15, -0.1) is 0 Å². The lowest BCUT2D eigenvalue weighted by molar-refractivity contribution is -0.122. The Labute approximate surface area is 185 Å². The summed E-state index contributed by atoms with van der Waals surface area (Å²) in [6, 6.07) is 10.7. The molecule has 2 aromatic rings. The molecule has 0 radical (unpaired) electrons. The fourth-order valence-corrected chi connectivity index (χ4v) is 4.93. The van der Waals surface area contributed by atoms with Crippen molar-refractivity contribution in [3.8, 4) is 11.5 Å². The van der Waals surface area contributed by atoms with Crippen LogP contribution in [0.25, 0.3) is 0 Å². The standard InChI is InChI=1S/C20H22Cl2N2O5S/c1-3-17(24(30(2,26)27)15-9-13(21)8-14(22)10-15)20(25)23-11-16-12-28-18-6-4-5-7-19(18)29-16/h4-10,16-17H,3,11-12H2,1-2H3,(H,23,25). The summed E-state index contributed by atoms with van der Waals surface area (Å²) in [6.07, 6.45) is 0.884. The van der Waals surface area contributed by atoms with Crippen molar-refractivity contribution in [3.05, 3.63) is 52.5 Å². The normalized spacial score (nSPS) is 16.6. The van der Waals surface area contributed by atoms with Crippen LogP contribution < -0.4 is 19.1 Å². The summed E-state index contributed by atoms with van der Waals surface area (Å²) in [5, 5.41) is 3.31. The van der Waals surface area contributed by atoms with E-state index in [1.54, 1.807) is 19.1 Å².